The molecule has 0 N–H and O–H groups in total. The highest BCUT2D eigenvalue weighted by molar-refractivity contribution is 6.20. The van der Waals surface area contributed by atoms with Crippen LogP contribution < -0.4 is 0 Å². The van der Waals surface area contributed by atoms with Gasteiger partial charge < -0.3 is 4.42 Å². The van der Waals surface area contributed by atoms with E-state index in [-0.39, 0.29) is 6.61 Å². The first-order valence-electron chi connectivity index (χ1n) is 5.68. The molecule has 0 atom stereocenters. The molecule has 0 spiro atoms. The number of carbonyl (C=O) groups excluding carboxylic acids is 2. The van der Waals surface area contributed by atoms with Crippen LogP contribution in [0.4, 0.5) is 0 Å². The number of carbonyl (C=O) groups is 2. The molecule has 2 amide bonds. The zero-order valence-electron chi connectivity index (χ0n) is 10.1. The van der Waals surface area contributed by atoms with E-state index in [0.29, 0.717) is 22.6 Å². The van der Waals surface area contributed by atoms with Crippen molar-refractivity contribution in [3.05, 3.63) is 53.2 Å². The van der Waals surface area contributed by atoms with Crippen molar-refractivity contribution in [2.24, 2.45) is 0 Å². The molecule has 0 saturated heterocycles. The van der Waals surface area contributed by atoms with E-state index >= 15 is 0 Å². The second-order valence-corrected chi connectivity index (χ2v) is 4.08. The first-order chi connectivity index (χ1) is 9.18. The van der Waals surface area contributed by atoms with Crippen LogP contribution in [-0.4, -0.2) is 21.9 Å². The molecule has 2 heterocycles. The first kappa shape index (κ1) is 11.6. The van der Waals surface area contributed by atoms with Gasteiger partial charge in [-0.2, -0.15) is 0 Å². The third kappa shape index (κ3) is 1.82. The van der Waals surface area contributed by atoms with Crippen molar-refractivity contribution in [2.75, 3.05) is 0 Å². The third-order valence-electron chi connectivity index (χ3n) is 2.93. The molecule has 1 aromatic heterocycles. The zero-order chi connectivity index (χ0) is 13.4. The van der Waals surface area contributed by atoms with Gasteiger partial charge in [-0.05, 0) is 19.1 Å². The Balaban J connectivity index is 1.79. The van der Waals surface area contributed by atoms with Crippen LogP contribution in [0.1, 0.15) is 32.2 Å². The lowest BCUT2D eigenvalue weighted by molar-refractivity contribution is -0.105. The quantitative estimate of drug-likeness (QED) is 0.783. The van der Waals surface area contributed by atoms with Gasteiger partial charge >= 0.3 is 0 Å². The lowest BCUT2D eigenvalue weighted by atomic mass is 10.1. The van der Waals surface area contributed by atoms with Gasteiger partial charge in [-0.25, -0.2) is 4.98 Å². The van der Waals surface area contributed by atoms with Crippen molar-refractivity contribution in [3.63, 3.8) is 0 Å². The van der Waals surface area contributed by atoms with Gasteiger partial charge in [-0.15, -0.1) is 5.06 Å². The molecule has 2 aromatic rings. The lowest BCUT2D eigenvalue weighted by Crippen LogP contribution is -2.29. The van der Waals surface area contributed by atoms with Crippen molar-refractivity contribution in [1.29, 1.82) is 0 Å². The molecule has 0 aliphatic carbocycles. The number of hydrogen-bond acceptors (Lipinski definition) is 5. The zero-order valence-corrected chi connectivity index (χ0v) is 10.1. The van der Waals surface area contributed by atoms with E-state index in [9.17, 15) is 9.59 Å². The molecule has 0 radical (unpaired) electrons. The molecular formula is C13H10N2O4. The summed E-state index contributed by atoms with van der Waals surface area (Å²) in [6.07, 6.45) is 1.29. The molecule has 1 aliphatic rings. The van der Waals surface area contributed by atoms with Crippen LogP contribution in [0.15, 0.2) is 35.1 Å². The SMILES string of the molecule is Cc1ncoc1CON1C(=O)c2ccccc2C1=O. The van der Waals surface area contributed by atoms with E-state index in [1.165, 1.54) is 6.39 Å². The summed E-state index contributed by atoms with van der Waals surface area (Å²) in [6, 6.07) is 6.60. The van der Waals surface area contributed by atoms with Crippen molar-refractivity contribution >= 4 is 11.8 Å². The van der Waals surface area contributed by atoms with Crippen molar-refractivity contribution in [2.45, 2.75) is 13.5 Å². The number of aryl methyl sites for hydroxylation is 1. The number of hydrogen-bond donors (Lipinski definition) is 0. The summed E-state index contributed by atoms with van der Waals surface area (Å²) in [5, 5.41) is 0.757. The highest BCUT2D eigenvalue weighted by Crippen LogP contribution is 2.23. The molecule has 6 heteroatoms. The second-order valence-electron chi connectivity index (χ2n) is 4.08. The summed E-state index contributed by atoms with van der Waals surface area (Å²) in [5.74, 6) is -0.438. The minimum atomic E-state index is -0.460. The van der Waals surface area contributed by atoms with Crippen LogP contribution in [0.2, 0.25) is 0 Å². The van der Waals surface area contributed by atoms with Crippen LogP contribution >= 0.6 is 0 Å². The molecule has 1 aromatic carbocycles. The number of rotatable bonds is 3. The number of nitrogens with zero attached hydrogens (tertiary/aromatic N) is 2. The van der Waals surface area contributed by atoms with Gasteiger partial charge in [-0.3, -0.25) is 14.4 Å². The summed E-state index contributed by atoms with van der Waals surface area (Å²) in [7, 11) is 0. The maximum atomic E-state index is 12.0. The maximum Gasteiger partial charge on any atom is 0.285 e. The monoisotopic (exact) mass is 258 g/mol. The van der Waals surface area contributed by atoms with E-state index in [0.717, 1.165) is 5.06 Å². The minimum Gasteiger partial charge on any atom is -0.446 e. The van der Waals surface area contributed by atoms with Gasteiger partial charge in [0.2, 0.25) is 0 Å². The number of benzene rings is 1. The van der Waals surface area contributed by atoms with E-state index in [2.05, 4.69) is 4.98 Å². The first-order valence-corrected chi connectivity index (χ1v) is 5.68. The van der Waals surface area contributed by atoms with Crippen molar-refractivity contribution in [1.82, 2.24) is 10.0 Å². The smallest absolute Gasteiger partial charge is 0.285 e. The van der Waals surface area contributed by atoms with Crippen LogP contribution in [0.25, 0.3) is 0 Å². The predicted octanol–water partition coefficient (Wildman–Crippen LogP) is 1.71. The molecule has 0 unspecified atom stereocenters. The molecule has 0 fully saturated rings. The van der Waals surface area contributed by atoms with Crippen LogP contribution in [0.3, 0.4) is 0 Å². The number of fused-ring (bicyclic) bond motifs is 1. The molecule has 3 rings (SSSR count). The van der Waals surface area contributed by atoms with Gasteiger partial charge in [-0.1, -0.05) is 12.1 Å². The molecule has 19 heavy (non-hydrogen) atoms. The molecule has 0 saturated carbocycles. The Hall–Kier alpha value is -2.47. The average molecular weight is 258 g/mol. The highest BCUT2D eigenvalue weighted by atomic mass is 16.7. The summed E-state index contributed by atoms with van der Waals surface area (Å²) in [6.45, 7) is 1.74. The fraction of sp³-hybridized carbons (Fsp3) is 0.154. The third-order valence-corrected chi connectivity index (χ3v) is 2.93. The number of hydroxylamine groups is 2. The fourth-order valence-corrected chi connectivity index (χ4v) is 1.87. The molecule has 0 bridgehead atoms. The number of aromatic nitrogens is 1. The van der Waals surface area contributed by atoms with Gasteiger partial charge in [0.1, 0.15) is 6.61 Å². The van der Waals surface area contributed by atoms with E-state index in [1.807, 2.05) is 0 Å². The summed E-state index contributed by atoms with van der Waals surface area (Å²) in [4.78, 5) is 33.1. The van der Waals surface area contributed by atoms with Crippen LogP contribution in [0.5, 0.6) is 0 Å². The maximum absolute atomic E-state index is 12.0. The number of oxazole rings is 1. The molecule has 1 aliphatic heterocycles. The van der Waals surface area contributed by atoms with Gasteiger partial charge in [0.05, 0.1) is 16.8 Å². The van der Waals surface area contributed by atoms with E-state index < -0.39 is 11.8 Å². The minimum absolute atomic E-state index is 0.0166. The Kier molecular flexibility index (Phi) is 2.64. The number of amides is 2. The largest absolute Gasteiger partial charge is 0.446 e. The summed E-state index contributed by atoms with van der Waals surface area (Å²) < 4.78 is 5.09. The fourth-order valence-electron chi connectivity index (χ4n) is 1.87. The van der Waals surface area contributed by atoms with Crippen molar-refractivity contribution < 1.29 is 18.8 Å². The van der Waals surface area contributed by atoms with Crippen LogP contribution in [-0.2, 0) is 11.4 Å². The standard InChI is InChI=1S/C13H10N2O4/c1-8-11(18-7-14-8)6-19-15-12(16)9-4-2-3-5-10(9)13(15)17/h2-5,7H,6H2,1H3. The molecule has 6 nitrogen and oxygen atoms in total. The highest BCUT2D eigenvalue weighted by Gasteiger charge is 2.36. The Labute approximate surface area is 108 Å². The second kappa shape index (κ2) is 4.33. The van der Waals surface area contributed by atoms with E-state index in [1.54, 1.807) is 31.2 Å². The lowest BCUT2D eigenvalue weighted by Gasteiger charge is -2.12. The van der Waals surface area contributed by atoms with Gasteiger partial charge in [0, 0.05) is 0 Å². The average Bonchev–Trinajstić information content (AvgIpc) is 2.93. The van der Waals surface area contributed by atoms with E-state index in [4.69, 9.17) is 9.25 Å². The van der Waals surface area contributed by atoms with Crippen LogP contribution in [0, 0.1) is 6.92 Å². The summed E-state index contributed by atoms with van der Waals surface area (Å²) in [5.41, 5.74) is 1.36. The Morgan fingerprint density at radius 1 is 1.21 bits per heavy atom. The number of imide groups is 1. The molecular weight excluding hydrogens is 248 g/mol. The van der Waals surface area contributed by atoms with Gasteiger partial charge in [0.25, 0.3) is 11.8 Å². The Morgan fingerprint density at radius 3 is 2.37 bits per heavy atom. The van der Waals surface area contributed by atoms with Gasteiger partial charge in [0.15, 0.2) is 12.2 Å². The Bertz CT molecular complexity index is 627. The predicted molar refractivity (Wildman–Crippen MR) is 63.0 cm³/mol. The molecule has 96 valence electrons. The Morgan fingerprint density at radius 2 is 1.84 bits per heavy atom. The summed E-state index contributed by atoms with van der Waals surface area (Å²) >= 11 is 0. The normalized spacial score (nSPS) is 14.1. The van der Waals surface area contributed by atoms with Crippen molar-refractivity contribution in [3.8, 4) is 0 Å². The topological polar surface area (TPSA) is 72.6 Å².